The molecule has 1 amide bonds. The molecule has 3 fully saturated rings. The van der Waals surface area contributed by atoms with Gasteiger partial charge in [-0.15, -0.1) is 0 Å². The van der Waals surface area contributed by atoms with Crippen LogP contribution in [0.3, 0.4) is 0 Å². The van der Waals surface area contributed by atoms with Crippen LogP contribution in [0, 0.1) is 0 Å². The van der Waals surface area contributed by atoms with Crippen molar-refractivity contribution >= 4 is 28.7 Å². The van der Waals surface area contributed by atoms with E-state index in [1.54, 1.807) is 0 Å². The number of hydrogen-bond donors (Lipinski definition) is 1. The fourth-order valence-corrected chi connectivity index (χ4v) is 5.69. The number of hydrogen-bond acceptors (Lipinski definition) is 7. The lowest BCUT2D eigenvalue weighted by Crippen LogP contribution is -2.46. The van der Waals surface area contributed by atoms with E-state index in [9.17, 15) is 9.59 Å². The zero-order chi connectivity index (χ0) is 24.2. The summed E-state index contributed by atoms with van der Waals surface area (Å²) in [5, 5.41) is 8.23. The molecule has 3 saturated heterocycles. The van der Waals surface area contributed by atoms with Gasteiger partial charge in [0.15, 0.2) is 11.3 Å². The number of piperidine rings is 1. The Morgan fingerprint density at radius 2 is 1.51 bits per heavy atom. The lowest BCUT2D eigenvalue weighted by atomic mass is 10.0. The van der Waals surface area contributed by atoms with Gasteiger partial charge in [0.1, 0.15) is 5.82 Å². The zero-order valence-corrected chi connectivity index (χ0v) is 21.0. The molecule has 3 aliphatic heterocycles. The molecule has 9 nitrogen and oxygen atoms in total. The van der Waals surface area contributed by atoms with E-state index in [0.717, 1.165) is 70.8 Å². The standard InChI is InChI=1S/C26H39N7O2/c1-20(34)33-25-22(8-9-23(28-25)32-14-4-2-3-5-15-32)24(29-33)26(35)27-21-10-16-31(17-11-21)19-18-30-12-6-7-13-30/h8-9,21H,2-7,10-19H2,1H3,(H,27,35). The van der Waals surface area contributed by atoms with Crippen molar-refractivity contribution in [2.24, 2.45) is 0 Å². The summed E-state index contributed by atoms with van der Waals surface area (Å²) in [7, 11) is 0. The smallest absolute Gasteiger partial charge is 0.272 e. The average molecular weight is 482 g/mol. The normalized spacial score (nSPS) is 20.9. The van der Waals surface area contributed by atoms with E-state index in [0.29, 0.717) is 16.7 Å². The lowest BCUT2D eigenvalue weighted by Gasteiger charge is -2.33. The Hall–Kier alpha value is -2.52. The van der Waals surface area contributed by atoms with Gasteiger partial charge in [-0.3, -0.25) is 9.59 Å². The van der Waals surface area contributed by atoms with Crippen molar-refractivity contribution in [3.8, 4) is 0 Å². The predicted molar refractivity (Wildman–Crippen MR) is 137 cm³/mol. The molecular weight excluding hydrogens is 442 g/mol. The minimum absolute atomic E-state index is 0.132. The molecular formula is C26H39N7O2. The van der Waals surface area contributed by atoms with Gasteiger partial charge < -0.3 is 20.0 Å². The average Bonchev–Trinajstić information content (AvgIpc) is 3.44. The van der Waals surface area contributed by atoms with Gasteiger partial charge in [0.05, 0.1) is 5.39 Å². The van der Waals surface area contributed by atoms with Gasteiger partial charge in [-0.2, -0.15) is 9.78 Å². The number of rotatable bonds is 6. The number of nitrogens with one attached hydrogen (secondary N) is 1. The number of amides is 1. The summed E-state index contributed by atoms with van der Waals surface area (Å²) in [5.41, 5.74) is 0.766. The molecule has 5 heterocycles. The Morgan fingerprint density at radius 3 is 2.17 bits per heavy atom. The number of carbonyl (C=O) groups excluding carboxylic acids is 2. The van der Waals surface area contributed by atoms with Crippen LogP contribution in [0.25, 0.3) is 11.0 Å². The molecule has 0 aliphatic carbocycles. The Kier molecular flexibility index (Phi) is 7.63. The van der Waals surface area contributed by atoms with Crippen LogP contribution < -0.4 is 10.2 Å². The minimum Gasteiger partial charge on any atom is -0.357 e. The molecule has 0 aromatic carbocycles. The van der Waals surface area contributed by atoms with Crippen LogP contribution in [0.5, 0.6) is 0 Å². The number of nitrogens with zero attached hydrogens (tertiary/aromatic N) is 6. The van der Waals surface area contributed by atoms with Gasteiger partial charge in [0.2, 0.25) is 5.91 Å². The Bertz CT molecular complexity index is 1030. The number of fused-ring (bicyclic) bond motifs is 1. The molecule has 2 aromatic rings. The number of carbonyl (C=O) groups is 2. The van der Waals surface area contributed by atoms with Gasteiger partial charge in [-0.05, 0) is 63.7 Å². The highest BCUT2D eigenvalue weighted by Crippen LogP contribution is 2.24. The highest BCUT2D eigenvalue weighted by Gasteiger charge is 2.26. The topological polar surface area (TPSA) is 86.6 Å². The maximum Gasteiger partial charge on any atom is 0.272 e. The fourth-order valence-electron chi connectivity index (χ4n) is 5.69. The second-order valence-electron chi connectivity index (χ2n) is 10.4. The van der Waals surface area contributed by atoms with Gasteiger partial charge >= 0.3 is 0 Å². The van der Waals surface area contributed by atoms with Crippen molar-refractivity contribution in [2.45, 2.75) is 64.3 Å². The van der Waals surface area contributed by atoms with Crippen molar-refractivity contribution in [1.82, 2.24) is 29.9 Å². The van der Waals surface area contributed by atoms with Crippen LogP contribution in [0.1, 0.15) is 73.6 Å². The Morgan fingerprint density at radius 1 is 0.886 bits per heavy atom. The quantitative estimate of drug-likeness (QED) is 0.679. The molecule has 5 rings (SSSR count). The molecule has 9 heteroatoms. The largest absolute Gasteiger partial charge is 0.357 e. The first kappa shape index (κ1) is 24.2. The van der Waals surface area contributed by atoms with E-state index in [2.05, 4.69) is 25.1 Å². The Balaban J connectivity index is 1.24. The first-order valence-electron chi connectivity index (χ1n) is 13.5. The number of pyridine rings is 1. The summed E-state index contributed by atoms with van der Waals surface area (Å²) in [6.07, 6.45) is 9.32. The highest BCUT2D eigenvalue weighted by molar-refractivity contribution is 6.06. The predicted octanol–water partition coefficient (Wildman–Crippen LogP) is 2.76. The second-order valence-corrected chi connectivity index (χ2v) is 10.4. The van der Waals surface area contributed by atoms with Crippen LogP contribution >= 0.6 is 0 Å². The first-order valence-corrected chi connectivity index (χ1v) is 13.5. The Labute approximate surface area is 207 Å². The third-order valence-electron chi connectivity index (χ3n) is 7.81. The molecule has 35 heavy (non-hydrogen) atoms. The minimum atomic E-state index is -0.235. The van der Waals surface area contributed by atoms with Gasteiger partial charge in [-0.1, -0.05) is 12.8 Å². The highest BCUT2D eigenvalue weighted by atomic mass is 16.2. The van der Waals surface area contributed by atoms with E-state index >= 15 is 0 Å². The molecule has 0 unspecified atom stereocenters. The third kappa shape index (κ3) is 5.67. The van der Waals surface area contributed by atoms with Gasteiger partial charge in [0.25, 0.3) is 5.91 Å². The number of aromatic nitrogens is 3. The fraction of sp³-hybridized carbons (Fsp3) is 0.692. The summed E-state index contributed by atoms with van der Waals surface area (Å²) < 4.78 is 1.28. The van der Waals surface area contributed by atoms with E-state index in [4.69, 9.17) is 4.98 Å². The molecule has 1 N–H and O–H groups in total. The molecule has 0 spiro atoms. The maximum atomic E-state index is 13.2. The summed E-state index contributed by atoms with van der Waals surface area (Å²) >= 11 is 0. The van der Waals surface area contributed by atoms with Crippen LogP contribution in [0.2, 0.25) is 0 Å². The molecule has 3 aliphatic rings. The van der Waals surface area contributed by atoms with Crippen LogP contribution in [-0.2, 0) is 0 Å². The molecule has 0 saturated carbocycles. The molecule has 0 atom stereocenters. The summed E-state index contributed by atoms with van der Waals surface area (Å²) in [6.45, 7) is 10.1. The van der Waals surface area contributed by atoms with E-state index < -0.39 is 0 Å². The van der Waals surface area contributed by atoms with Crippen molar-refractivity contribution in [3.63, 3.8) is 0 Å². The SMILES string of the molecule is CC(=O)n1nc(C(=O)NC2CCN(CCN3CCCC3)CC2)c2ccc(N3CCCCCC3)nc21. The second kappa shape index (κ2) is 11.0. The van der Waals surface area contributed by atoms with Crippen LogP contribution in [-0.4, -0.2) is 94.8 Å². The maximum absolute atomic E-state index is 13.2. The monoisotopic (exact) mass is 481 g/mol. The van der Waals surface area contributed by atoms with E-state index in [1.165, 1.54) is 50.4 Å². The van der Waals surface area contributed by atoms with Crippen LogP contribution in [0.15, 0.2) is 12.1 Å². The van der Waals surface area contributed by atoms with E-state index in [1.807, 2.05) is 12.1 Å². The van der Waals surface area contributed by atoms with Crippen molar-refractivity contribution in [1.29, 1.82) is 0 Å². The zero-order valence-electron chi connectivity index (χ0n) is 21.0. The molecule has 0 radical (unpaired) electrons. The number of likely N-dealkylation sites (tertiary alicyclic amines) is 2. The van der Waals surface area contributed by atoms with E-state index in [-0.39, 0.29) is 17.9 Å². The lowest BCUT2D eigenvalue weighted by molar-refractivity contribution is 0.0900. The summed E-state index contributed by atoms with van der Waals surface area (Å²) in [4.78, 5) is 37.7. The number of anilines is 1. The van der Waals surface area contributed by atoms with Crippen molar-refractivity contribution in [2.75, 3.05) is 57.3 Å². The van der Waals surface area contributed by atoms with Gasteiger partial charge in [0, 0.05) is 52.2 Å². The van der Waals surface area contributed by atoms with Gasteiger partial charge in [-0.25, -0.2) is 4.98 Å². The summed E-state index contributed by atoms with van der Waals surface area (Å²) in [6, 6.07) is 4.01. The first-order chi connectivity index (χ1) is 17.1. The van der Waals surface area contributed by atoms with Crippen molar-refractivity contribution in [3.05, 3.63) is 17.8 Å². The molecule has 2 aromatic heterocycles. The molecule has 190 valence electrons. The molecule has 0 bridgehead atoms. The van der Waals surface area contributed by atoms with Crippen molar-refractivity contribution < 1.29 is 9.59 Å². The summed E-state index contributed by atoms with van der Waals surface area (Å²) in [5.74, 6) is 0.408. The third-order valence-corrected chi connectivity index (χ3v) is 7.81. The van der Waals surface area contributed by atoms with Crippen LogP contribution in [0.4, 0.5) is 5.82 Å².